The van der Waals surface area contributed by atoms with Gasteiger partial charge in [-0.25, -0.2) is 0 Å². The third-order valence-corrected chi connectivity index (χ3v) is 5.59. The van der Waals surface area contributed by atoms with Crippen molar-refractivity contribution >= 4 is 29.9 Å². The zero-order valence-corrected chi connectivity index (χ0v) is 16.8. The van der Waals surface area contributed by atoms with Crippen LogP contribution in [-0.2, 0) is 16.1 Å². The molecule has 27 heavy (non-hydrogen) atoms. The molecule has 0 radical (unpaired) electrons. The molecule has 7 heteroatoms. The first kappa shape index (κ1) is 21.7. The highest BCUT2D eigenvalue weighted by Gasteiger charge is 2.25. The second-order valence-corrected chi connectivity index (χ2v) is 7.72. The van der Waals surface area contributed by atoms with Gasteiger partial charge in [-0.15, -0.1) is 12.4 Å². The van der Waals surface area contributed by atoms with Crippen LogP contribution in [0.1, 0.15) is 38.2 Å². The molecule has 2 atom stereocenters. The zero-order chi connectivity index (χ0) is 18.5. The summed E-state index contributed by atoms with van der Waals surface area (Å²) in [6.07, 6.45) is 3.45. The lowest BCUT2D eigenvalue weighted by molar-refractivity contribution is -0.123. The maximum Gasteiger partial charge on any atom is 0.227 e. The lowest BCUT2D eigenvalue weighted by Crippen LogP contribution is -2.40. The van der Waals surface area contributed by atoms with Gasteiger partial charge < -0.3 is 16.4 Å². The molecule has 2 saturated heterocycles. The third-order valence-electron chi connectivity index (χ3n) is 5.59. The van der Waals surface area contributed by atoms with Crippen molar-refractivity contribution in [1.29, 1.82) is 0 Å². The fourth-order valence-corrected chi connectivity index (χ4v) is 4.00. The van der Waals surface area contributed by atoms with Gasteiger partial charge in [0.15, 0.2) is 0 Å². The number of hydrogen-bond donors (Lipinski definition) is 3. The number of rotatable bonds is 5. The van der Waals surface area contributed by atoms with E-state index >= 15 is 0 Å². The highest BCUT2D eigenvalue weighted by atomic mass is 35.5. The minimum Gasteiger partial charge on any atom is -0.369 e. The highest BCUT2D eigenvalue weighted by Crippen LogP contribution is 2.22. The van der Waals surface area contributed by atoms with E-state index in [1.165, 1.54) is 5.56 Å². The van der Waals surface area contributed by atoms with E-state index < -0.39 is 0 Å². The smallest absolute Gasteiger partial charge is 0.227 e. The molecule has 2 aliphatic heterocycles. The molecule has 0 spiro atoms. The van der Waals surface area contributed by atoms with E-state index in [2.05, 4.69) is 34.6 Å². The van der Waals surface area contributed by atoms with Crippen molar-refractivity contribution in [3.63, 3.8) is 0 Å². The van der Waals surface area contributed by atoms with Crippen LogP contribution in [0.5, 0.6) is 0 Å². The average molecular weight is 395 g/mol. The predicted molar refractivity (Wildman–Crippen MR) is 110 cm³/mol. The Morgan fingerprint density at radius 2 is 1.96 bits per heavy atom. The highest BCUT2D eigenvalue weighted by molar-refractivity contribution is 5.92. The number of primary amides is 1. The van der Waals surface area contributed by atoms with Crippen molar-refractivity contribution in [1.82, 2.24) is 10.2 Å². The summed E-state index contributed by atoms with van der Waals surface area (Å²) in [7, 11) is 0. The molecule has 0 aliphatic carbocycles. The Balaban J connectivity index is 0.00000261. The number of halogens is 1. The van der Waals surface area contributed by atoms with Gasteiger partial charge in [-0.05, 0) is 69.9 Å². The number of anilines is 1. The van der Waals surface area contributed by atoms with Gasteiger partial charge in [-0.1, -0.05) is 12.1 Å². The first-order valence-corrected chi connectivity index (χ1v) is 9.66. The monoisotopic (exact) mass is 394 g/mol. The molecular formula is C20H31ClN4O2. The second-order valence-electron chi connectivity index (χ2n) is 7.72. The Hall–Kier alpha value is -1.63. The van der Waals surface area contributed by atoms with E-state index in [9.17, 15) is 9.59 Å². The van der Waals surface area contributed by atoms with Crippen molar-refractivity contribution < 1.29 is 9.59 Å². The number of nitrogens with zero attached hydrogens (tertiary/aromatic N) is 1. The van der Waals surface area contributed by atoms with Crippen LogP contribution in [0.3, 0.4) is 0 Å². The summed E-state index contributed by atoms with van der Waals surface area (Å²) in [5.74, 6) is 0.0475. The van der Waals surface area contributed by atoms with Crippen LogP contribution in [0, 0.1) is 11.8 Å². The molecule has 2 aliphatic rings. The largest absolute Gasteiger partial charge is 0.369 e. The van der Waals surface area contributed by atoms with Gasteiger partial charge in [0.25, 0.3) is 0 Å². The predicted octanol–water partition coefficient (Wildman–Crippen LogP) is 2.13. The number of likely N-dealkylation sites (tertiary alicyclic amines) is 1. The average Bonchev–Trinajstić information content (AvgIpc) is 2.62. The van der Waals surface area contributed by atoms with E-state index in [-0.39, 0.29) is 36.1 Å². The normalized spacial score (nSPS) is 24.0. The Morgan fingerprint density at radius 1 is 1.22 bits per heavy atom. The number of piperidine rings is 2. The lowest BCUT2D eigenvalue weighted by atomic mass is 9.92. The summed E-state index contributed by atoms with van der Waals surface area (Å²) in [5.41, 5.74) is 7.45. The lowest BCUT2D eigenvalue weighted by Gasteiger charge is -2.30. The van der Waals surface area contributed by atoms with E-state index in [1.54, 1.807) is 0 Å². The van der Waals surface area contributed by atoms with Crippen LogP contribution in [0.25, 0.3) is 0 Å². The molecule has 0 aromatic heterocycles. The maximum atomic E-state index is 12.5. The third kappa shape index (κ3) is 6.19. The molecule has 2 heterocycles. The van der Waals surface area contributed by atoms with Gasteiger partial charge in [0, 0.05) is 30.1 Å². The van der Waals surface area contributed by atoms with Crippen molar-refractivity contribution in [2.45, 2.75) is 45.2 Å². The summed E-state index contributed by atoms with van der Waals surface area (Å²) in [6.45, 7) is 5.63. The van der Waals surface area contributed by atoms with Gasteiger partial charge >= 0.3 is 0 Å². The summed E-state index contributed by atoms with van der Waals surface area (Å²) >= 11 is 0. The van der Waals surface area contributed by atoms with Crippen LogP contribution >= 0.6 is 12.4 Å². The molecule has 0 bridgehead atoms. The number of carbonyl (C=O) groups excluding carboxylic acids is 2. The van der Waals surface area contributed by atoms with Crippen LogP contribution in [0.15, 0.2) is 24.3 Å². The minimum absolute atomic E-state index is 0. The van der Waals surface area contributed by atoms with E-state index in [4.69, 9.17) is 5.73 Å². The second kappa shape index (κ2) is 10.1. The number of hydrogen-bond acceptors (Lipinski definition) is 4. The van der Waals surface area contributed by atoms with Crippen LogP contribution in [-0.4, -0.2) is 42.4 Å². The number of amides is 2. The fraction of sp³-hybridized carbons (Fsp3) is 0.600. The number of nitrogens with one attached hydrogen (secondary N) is 2. The molecule has 0 saturated carbocycles. The summed E-state index contributed by atoms with van der Waals surface area (Å²) in [6, 6.07) is 8.48. The first-order valence-electron chi connectivity index (χ1n) is 9.66. The van der Waals surface area contributed by atoms with E-state index in [1.807, 2.05) is 12.1 Å². The number of nitrogens with two attached hydrogens (primary N) is 1. The summed E-state index contributed by atoms with van der Waals surface area (Å²) in [4.78, 5) is 26.1. The van der Waals surface area contributed by atoms with E-state index in [0.717, 1.165) is 57.5 Å². The quantitative estimate of drug-likeness (QED) is 0.713. The topological polar surface area (TPSA) is 87.5 Å². The van der Waals surface area contributed by atoms with Crippen molar-refractivity contribution in [2.24, 2.45) is 17.6 Å². The van der Waals surface area contributed by atoms with E-state index in [0.29, 0.717) is 6.04 Å². The molecule has 2 fully saturated rings. The van der Waals surface area contributed by atoms with Crippen LogP contribution in [0.4, 0.5) is 5.69 Å². The molecular weight excluding hydrogens is 364 g/mol. The van der Waals surface area contributed by atoms with Gasteiger partial charge in [0.05, 0.1) is 0 Å². The Morgan fingerprint density at radius 3 is 2.63 bits per heavy atom. The fourth-order valence-electron chi connectivity index (χ4n) is 4.00. The maximum absolute atomic E-state index is 12.5. The summed E-state index contributed by atoms with van der Waals surface area (Å²) in [5, 5.41) is 6.47. The molecule has 0 unspecified atom stereocenters. The molecule has 2 amide bonds. The van der Waals surface area contributed by atoms with Crippen molar-refractivity contribution in [3.05, 3.63) is 29.8 Å². The molecule has 1 aromatic rings. The standard InChI is InChI=1S/C20H30N4O2.ClH/c1-14-11-17(5-8-22-14)20(26)23-18-4-2-3-15(12-18)13-24-9-6-16(7-10-24)19(21)25;/h2-4,12,14,16-17,22H,5-11,13H2,1H3,(H2,21,25)(H,23,26);1H/t14-,17-;/m0./s1. The molecule has 4 N–H and O–H groups in total. The van der Waals surface area contributed by atoms with Gasteiger partial charge in [-0.3, -0.25) is 14.5 Å². The van der Waals surface area contributed by atoms with Crippen LogP contribution in [0.2, 0.25) is 0 Å². The zero-order valence-electron chi connectivity index (χ0n) is 15.9. The molecule has 6 nitrogen and oxygen atoms in total. The Labute approximate surface area is 167 Å². The minimum atomic E-state index is -0.179. The molecule has 150 valence electrons. The van der Waals surface area contributed by atoms with Gasteiger partial charge in [-0.2, -0.15) is 0 Å². The van der Waals surface area contributed by atoms with Crippen molar-refractivity contribution in [2.75, 3.05) is 25.0 Å². The summed E-state index contributed by atoms with van der Waals surface area (Å²) < 4.78 is 0. The molecule has 3 rings (SSSR count). The SMILES string of the molecule is C[C@H]1C[C@@H](C(=O)Nc2cccc(CN3CCC(C(N)=O)CC3)c2)CCN1.Cl. The number of carbonyl (C=O) groups is 2. The first-order chi connectivity index (χ1) is 12.5. The Kier molecular flexibility index (Phi) is 8.07. The molecule has 1 aromatic carbocycles. The van der Waals surface area contributed by atoms with Gasteiger partial charge in [0.2, 0.25) is 11.8 Å². The van der Waals surface area contributed by atoms with Gasteiger partial charge in [0.1, 0.15) is 0 Å². The van der Waals surface area contributed by atoms with Crippen LogP contribution < -0.4 is 16.4 Å². The van der Waals surface area contributed by atoms with Crippen molar-refractivity contribution in [3.8, 4) is 0 Å². The number of benzene rings is 1. The Bertz CT molecular complexity index is 647.